The van der Waals surface area contributed by atoms with Crippen molar-refractivity contribution in [1.29, 1.82) is 0 Å². The van der Waals surface area contributed by atoms with Crippen LogP contribution in [0.3, 0.4) is 0 Å². The van der Waals surface area contributed by atoms with E-state index >= 15 is 0 Å². The zero-order valence-electron chi connectivity index (χ0n) is 7.13. The fraction of sp³-hybridized carbons (Fsp3) is 0.571. The molecule has 72 valence electrons. The summed E-state index contributed by atoms with van der Waals surface area (Å²) in [4.78, 5) is 0. The minimum atomic E-state index is 0.149. The number of halogens is 2. The van der Waals surface area contributed by atoms with Gasteiger partial charge in [-0.3, -0.25) is 0 Å². The Morgan fingerprint density at radius 1 is 1.23 bits per heavy atom. The fourth-order valence-corrected chi connectivity index (χ4v) is 1.12. The molecule has 0 aliphatic heterocycles. The average molecular weight is 222 g/mol. The van der Waals surface area contributed by atoms with Crippen LogP contribution in [0.1, 0.15) is 19.8 Å². The van der Waals surface area contributed by atoms with Gasteiger partial charge in [-0.2, -0.15) is 0 Å². The molecule has 0 aliphatic rings. The molecule has 0 atom stereocenters. The van der Waals surface area contributed by atoms with E-state index in [2.05, 4.69) is 22.3 Å². The van der Waals surface area contributed by atoms with Crippen molar-refractivity contribution in [2.75, 3.05) is 6.61 Å². The lowest BCUT2D eigenvalue weighted by Gasteiger charge is -2.05. The fourth-order valence-electron chi connectivity index (χ4n) is 0.715. The number of unbranched alkanes of at least 4 members (excludes halogenated alkanes) is 1. The van der Waals surface area contributed by atoms with Gasteiger partial charge in [-0.05, 0) is 11.6 Å². The minimum absolute atomic E-state index is 0.149. The molecule has 0 saturated carbocycles. The highest BCUT2D eigenvalue weighted by Crippen LogP contribution is 2.27. The van der Waals surface area contributed by atoms with Crippen LogP contribution in [0.25, 0.3) is 0 Å². The summed E-state index contributed by atoms with van der Waals surface area (Å²) in [5.41, 5.74) is 0. The summed E-state index contributed by atoms with van der Waals surface area (Å²) >= 11 is 11.4. The third-order valence-corrected chi connectivity index (χ3v) is 1.88. The molecule has 4 nitrogen and oxygen atoms in total. The van der Waals surface area contributed by atoms with Gasteiger partial charge in [0.25, 0.3) is 0 Å². The highest BCUT2D eigenvalue weighted by Gasteiger charge is 2.09. The number of hydrogen-bond acceptors (Lipinski definition) is 4. The monoisotopic (exact) mass is 221 g/mol. The second kappa shape index (κ2) is 5.19. The van der Waals surface area contributed by atoms with Crippen LogP contribution in [0.4, 0.5) is 0 Å². The van der Waals surface area contributed by atoms with Crippen molar-refractivity contribution in [3.63, 3.8) is 0 Å². The molecule has 0 radical (unpaired) electrons. The lowest BCUT2D eigenvalue weighted by Crippen LogP contribution is -2.01. The van der Waals surface area contributed by atoms with Crippen molar-refractivity contribution < 1.29 is 4.74 Å². The van der Waals surface area contributed by atoms with Crippen LogP contribution in [0.15, 0.2) is 0 Å². The van der Waals surface area contributed by atoms with E-state index in [0.29, 0.717) is 12.4 Å². The van der Waals surface area contributed by atoms with Crippen molar-refractivity contribution >= 4 is 23.2 Å². The molecule has 1 aromatic rings. The maximum Gasteiger partial charge on any atom is 0.198 e. The summed E-state index contributed by atoms with van der Waals surface area (Å²) in [6, 6.07) is 0. The van der Waals surface area contributed by atoms with Gasteiger partial charge in [0, 0.05) is 0 Å². The van der Waals surface area contributed by atoms with Gasteiger partial charge in [-0.1, -0.05) is 36.5 Å². The molecule has 1 heterocycles. The van der Waals surface area contributed by atoms with Crippen LogP contribution in [0.2, 0.25) is 10.3 Å². The van der Waals surface area contributed by atoms with Crippen LogP contribution in [0, 0.1) is 0 Å². The van der Waals surface area contributed by atoms with E-state index in [0.717, 1.165) is 12.8 Å². The molecule has 0 bridgehead atoms. The Balaban J connectivity index is 2.64. The quantitative estimate of drug-likeness (QED) is 0.733. The van der Waals surface area contributed by atoms with Crippen molar-refractivity contribution in [3.05, 3.63) is 10.3 Å². The van der Waals surface area contributed by atoms with Gasteiger partial charge in [0.1, 0.15) is 0 Å². The van der Waals surface area contributed by atoms with Gasteiger partial charge in [-0.25, -0.2) is 0 Å². The predicted molar refractivity (Wildman–Crippen MR) is 50.3 cm³/mol. The molecule has 0 amide bonds. The van der Waals surface area contributed by atoms with E-state index in [1.807, 2.05) is 0 Å². The van der Waals surface area contributed by atoms with Gasteiger partial charge in [0.2, 0.25) is 0 Å². The minimum Gasteiger partial charge on any atom is -0.487 e. The van der Waals surface area contributed by atoms with Crippen LogP contribution in [0.5, 0.6) is 5.75 Å². The summed E-state index contributed by atoms with van der Waals surface area (Å²) in [5, 5.41) is 10.7. The summed E-state index contributed by atoms with van der Waals surface area (Å²) in [6.07, 6.45) is 1.98. The molecular formula is C7H9Cl2N3O. The number of nitrogens with zero attached hydrogens (tertiary/aromatic N) is 3. The summed E-state index contributed by atoms with van der Waals surface area (Å²) in [5.74, 6) is 0.312. The zero-order chi connectivity index (χ0) is 9.68. The van der Waals surface area contributed by atoms with Crippen LogP contribution in [-0.4, -0.2) is 22.0 Å². The number of hydrogen-bond donors (Lipinski definition) is 0. The lowest BCUT2D eigenvalue weighted by atomic mass is 10.4. The SMILES string of the molecule is CCCCOc1c(Cl)nnnc1Cl. The van der Waals surface area contributed by atoms with E-state index in [1.54, 1.807) is 0 Å². The molecule has 13 heavy (non-hydrogen) atoms. The highest BCUT2D eigenvalue weighted by atomic mass is 35.5. The first-order chi connectivity index (χ1) is 6.25. The Kier molecular flexibility index (Phi) is 4.18. The summed E-state index contributed by atoms with van der Waals surface area (Å²) < 4.78 is 5.28. The first-order valence-electron chi connectivity index (χ1n) is 3.93. The average Bonchev–Trinajstić information content (AvgIpc) is 2.10. The molecule has 0 aromatic carbocycles. The van der Waals surface area contributed by atoms with Gasteiger partial charge >= 0.3 is 0 Å². The van der Waals surface area contributed by atoms with Crippen molar-refractivity contribution in [1.82, 2.24) is 15.4 Å². The topological polar surface area (TPSA) is 47.9 Å². The molecule has 0 unspecified atom stereocenters. The molecule has 0 N–H and O–H groups in total. The van der Waals surface area contributed by atoms with Crippen LogP contribution < -0.4 is 4.74 Å². The summed E-state index contributed by atoms with van der Waals surface area (Å²) in [6.45, 7) is 2.62. The Bertz CT molecular complexity index is 262. The number of aromatic nitrogens is 3. The molecule has 1 rings (SSSR count). The normalized spacial score (nSPS) is 10.1. The van der Waals surface area contributed by atoms with E-state index in [4.69, 9.17) is 27.9 Å². The number of rotatable bonds is 4. The van der Waals surface area contributed by atoms with Gasteiger partial charge in [-0.15, -0.1) is 10.2 Å². The molecule has 0 fully saturated rings. The molecule has 1 aromatic heterocycles. The van der Waals surface area contributed by atoms with Gasteiger partial charge in [0.15, 0.2) is 16.1 Å². The Hall–Kier alpha value is -0.610. The second-order valence-corrected chi connectivity index (χ2v) is 3.12. The predicted octanol–water partition coefficient (Wildman–Crippen LogP) is 2.36. The Morgan fingerprint density at radius 2 is 1.85 bits per heavy atom. The molecular weight excluding hydrogens is 213 g/mol. The van der Waals surface area contributed by atoms with Crippen molar-refractivity contribution in [3.8, 4) is 5.75 Å². The zero-order valence-corrected chi connectivity index (χ0v) is 8.64. The maximum atomic E-state index is 5.69. The van der Waals surface area contributed by atoms with Crippen LogP contribution >= 0.6 is 23.2 Å². The highest BCUT2D eigenvalue weighted by molar-refractivity contribution is 6.35. The van der Waals surface area contributed by atoms with E-state index in [9.17, 15) is 0 Å². The molecule has 0 saturated heterocycles. The van der Waals surface area contributed by atoms with E-state index < -0.39 is 0 Å². The first kappa shape index (κ1) is 10.5. The first-order valence-corrected chi connectivity index (χ1v) is 4.68. The number of ether oxygens (including phenoxy) is 1. The maximum absolute atomic E-state index is 5.69. The van der Waals surface area contributed by atoms with Crippen molar-refractivity contribution in [2.24, 2.45) is 0 Å². The van der Waals surface area contributed by atoms with Crippen LogP contribution in [-0.2, 0) is 0 Å². The third-order valence-electron chi connectivity index (χ3n) is 1.38. The standard InChI is InChI=1S/C7H9Cl2N3O/c1-2-3-4-13-5-6(8)10-12-11-7(5)9/h2-4H2,1H3. The second-order valence-electron chi connectivity index (χ2n) is 2.40. The molecule has 6 heteroatoms. The smallest absolute Gasteiger partial charge is 0.198 e. The Morgan fingerprint density at radius 3 is 2.38 bits per heavy atom. The van der Waals surface area contributed by atoms with E-state index in [1.165, 1.54) is 0 Å². The largest absolute Gasteiger partial charge is 0.487 e. The summed E-state index contributed by atoms with van der Waals surface area (Å²) in [7, 11) is 0. The van der Waals surface area contributed by atoms with Gasteiger partial charge < -0.3 is 4.74 Å². The molecule has 0 spiro atoms. The third kappa shape index (κ3) is 2.97. The van der Waals surface area contributed by atoms with E-state index in [-0.39, 0.29) is 10.3 Å². The van der Waals surface area contributed by atoms with Crippen molar-refractivity contribution in [2.45, 2.75) is 19.8 Å². The molecule has 0 aliphatic carbocycles. The lowest BCUT2D eigenvalue weighted by molar-refractivity contribution is 0.306. The van der Waals surface area contributed by atoms with Gasteiger partial charge in [0.05, 0.1) is 6.61 Å². The Labute approximate surface area is 86.2 Å².